The van der Waals surface area contributed by atoms with Crippen LogP contribution >= 0.6 is 7.67 Å². The third-order valence-corrected chi connectivity index (χ3v) is 5.21. The third-order valence-electron chi connectivity index (χ3n) is 3.50. The summed E-state index contributed by atoms with van der Waals surface area (Å²) in [5.41, 5.74) is 3.57. The molecule has 0 aromatic rings. The van der Waals surface area contributed by atoms with Gasteiger partial charge in [0.25, 0.3) is 5.91 Å². The first-order valence-corrected chi connectivity index (χ1v) is 9.89. The highest BCUT2D eigenvalue weighted by atomic mass is 31.2. The lowest BCUT2D eigenvalue weighted by atomic mass is 10.1. The molecule has 0 saturated carbocycles. The molecule has 0 aromatic heterocycles. The van der Waals surface area contributed by atoms with E-state index in [-0.39, 0.29) is 12.5 Å². The number of rotatable bonds is 6. The van der Waals surface area contributed by atoms with Gasteiger partial charge in [-0.1, -0.05) is 13.8 Å². The molecule has 1 aliphatic heterocycles. The molecule has 0 aromatic carbocycles. The van der Waals surface area contributed by atoms with E-state index >= 15 is 0 Å². The number of aliphatic hydroxyl groups is 1. The average Bonchev–Trinajstić information content (AvgIpc) is 2.54. The predicted octanol–water partition coefficient (Wildman–Crippen LogP) is 1.44. The van der Waals surface area contributed by atoms with Crippen molar-refractivity contribution in [3.05, 3.63) is 0 Å². The van der Waals surface area contributed by atoms with Crippen molar-refractivity contribution in [2.24, 2.45) is 5.50 Å². The molecule has 1 saturated heterocycles. The standard InChI is InChI=1S/C13H28N3O5P.C2H6/c1-12(2,18)10-21-13(3,4)11(17)15-6-8-16(9-7-15)22(14,19)20-5;1-2/h18H,6-10H2,1-5H3,(H2,14,19);1-2H3. The molecule has 1 atom stereocenters. The predicted molar refractivity (Wildman–Crippen MR) is 94.6 cm³/mol. The maximum absolute atomic E-state index is 12.5. The number of carbonyl (C=O) groups excluding carboxylic acids is 1. The number of nitrogens with two attached hydrogens (primary N) is 1. The van der Waals surface area contributed by atoms with E-state index in [2.05, 4.69) is 0 Å². The smallest absolute Gasteiger partial charge is 0.340 e. The monoisotopic (exact) mass is 367 g/mol. The fourth-order valence-electron chi connectivity index (χ4n) is 2.09. The van der Waals surface area contributed by atoms with Gasteiger partial charge in [0.1, 0.15) is 5.60 Å². The number of piperazine rings is 1. The summed E-state index contributed by atoms with van der Waals surface area (Å²) in [6.45, 7) is 12.2. The van der Waals surface area contributed by atoms with Crippen molar-refractivity contribution in [2.45, 2.75) is 52.7 Å². The van der Waals surface area contributed by atoms with E-state index < -0.39 is 18.9 Å². The molecule has 1 amide bonds. The molecule has 0 bridgehead atoms. The normalized spacial score (nSPS) is 19.3. The van der Waals surface area contributed by atoms with Gasteiger partial charge in [-0.05, 0) is 27.7 Å². The van der Waals surface area contributed by atoms with E-state index in [1.165, 1.54) is 7.11 Å². The average molecular weight is 367 g/mol. The van der Waals surface area contributed by atoms with Crippen LogP contribution in [0.4, 0.5) is 0 Å². The summed E-state index contributed by atoms with van der Waals surface area (Å²) in [5.74, 6) is -0.166. The Bertz CT molecular complexity index is 443. The highest BCUT2D eigenvalue weighted by molar-refractivity contribution is 7.53. The van der Waals surface area contributed by atoms with E-state index in [1.54, 1.807) is 37.3 Å². The lowest BCUT2D eigenvalue weighted by molar-refractivity contribution is -0.162. The van der Waals surface area contributed by atoms with Gasteiger partial charge >= 0.3 is 7.67 Å². The van der Waals surface area contributed by atoms with Crippen LogP contribution < -0.4 is 5.50 Å². The summed E-state index contributed by atoms with van der Waals surface area (Å²) >= 11 is 0. The summed E-state index contributed by atoms with van der Waals surface area (Å²) in [5, 5.41) is 9.71. The summed E-state index contributed by atoms with van der Waals surface area (Å²) in [7, 11) is -1.94. The minimum Gasteiger partial charge on any atom is -0.388 e. The van der Waals surface area contributed by atoms with Gasteiger partial charge in [0.15, 0.2) is 0 Å². The fourth-order valence-corrected chi connectivity index (χ4v) is 3.06. The molecule has 1 heterocycles. The Labute approximate surface area is 145 Å². The summed E-state index contributed by atoms with van der Waals surface area (Å²) < 4.78 is 23.9. The Morgan fingerprint density at radius 3 is 2.00 bits per heavy atom. The third kappa shape index (κ3) is 7.17. The van der Waals surface area contributed by atoms with Crippen LogP contribution in [0.15, 0.2) is 0 Å². The van der Waals surface area contributed by atoms with Gasteiger partial charge in [0, 0.05) is 33.3 Å². The molecule has 0 spiro atoms. The number of amides is 1. The minimum atomic E-state index is -3.25. The molecule has 1 fully saturated rings. The number of ether oxygens (including phenoxy) is 1. The molecule has 3 N–H and O–H groups in total. The van der Waals surface area contributed by atoms with Gasteiger partial charge < -0.3 is 19.3 Å². The zero-order valence-corrected chi connectivity index (χ0v) is 16.9. The summed E-state index contributed by atoms with van der Waals surface area (Å²) in [6, 6.07) is 0. The topological polar surface area (TPSA) is 105 Å². The Kier molecular flexibility index (Phi) is 9.07. The summed E-state index contributed by atoms with van der Waals surface area (Å²) in [6.07, 6.45) is 0. The molecule has 9 heteroatoms. The number of carbonyl (C=O) groups is 1. The van der Waals surface area contributed by atoms with E-state index in [9.17, 15) is 14.5 Å². The maximum Gasteiger partial charge on any atom is 0.340 e. The molecule has 1 rings (SSSR count). The highest BCUT2D eigenvalue weighted by Crippen LogP contribution is 2.41. The van der Waals surface area contributed by atoms with Crippen LogP contribution in [-0.4, -0.2) is 71.7 Å². The molecule has 0 radical (unpaired) electrons. The largest absolute Gasteiger partial charge is 0.388 e. The summed E-state index contributed by atoms with van der Waals surface area (Å²) in [4.78, 5) is 14.2. The zero-order chi connectivity index (χ0) is 19.2. The van der Waals surface area contributed by atoms with Crippen molar-refractivity contribution in [3.63, 3.8) is 0 Å². The van der Waals surface area contributed by atoms with Crippen LogP contribution in [0.1, 0.15) is 41.5 Å². The van der Waals surface area contributed by atoms with Gasteiger partial charge in [0.05, 0.1) is 12.2 Å². The first-order chi connectivity index (χ1) is 10.9. The van der Waals surface area contributed by atoms with Gasteiger partial charge in [-0.3, -0.25) is 9.36 Å². The van der Waals surface area contributed by atoms with Crippen molar-refractivity contribution < 1.29 is 23.7 Å². The second-order valence-corrected chi connectivity index (χ2v) is 8.66. The van der Waals surface area contributed by atoms with Crippen LogP contribution in [0.5, 0.6) is 0 Å². The Balaban J connectivity index is 0.00000254. The van der Waals surface area contributed by atoms with Crippen molar-refractivity contribution in [1.29, 1.82) is 0 Å². The fraction of sp³-hybridized carbons (Fsp3) is 0.933. The molecule has 0 aliphatic carbocycles. The Morgan fingerprint density at radius 1 is 1.17 bits per heavy atom. The molecule has 1 unspecified atom stereocenters. The lowest BCUT2D eigenvalue weighted by Crippen LogP contribution is -2.55. The molecule has 24 heavy (non-hydrogen) atoms. The number of hydrogen-bond acceptors (Lipinski definition) is 5. The van der Waals surface area contributed by atoms with Gasteiger partial charge in [-0.25, -0.2) is 10.2 Å². The number of hydrogen-bond donors (Lipinski definition) is 2. The molecule has 144 valence electrons. The minimum absolute atomic E-state index is 0.0629. The van der Waals surface area contributed by atoms with Crippen LogP contribution in [0.3, 0.4) is 0 Å². The van der Waals surface area contributed by atoms with Crippen molar-refractivity contribution in [2.75, 3.05) is 39.9 Å². The first-order valence-electron chi connectivity index (χ1n) is 8.24. The van der Waals surface area contributed by atoms with E-state index in [0.29, 0.717) is 26.2 Å². The Morgan fingerprint density at radius 2 is 1.62 bits per heavy atom. The molecule has 8 nitrogen and oxygen atoms in total. The van der Waals surface area contributed by atoms with Gasteiger partial charge in [-0.15, -0.1) is 0 Å². The van der Waals surface area contributed by atoms with Crippen LogP contribution in [0, 0.1) is 0 Å². The van der Waals surface area contributed by atoms with Gasteiger partial charge in [-0.2, -0.15) is 0 Å². The Hall–Kier alpha value is -0.500. The molecular weight excluding hydrogens is 333 g/mol. The van der Waals surface area contributed by atoms with Crippen molar-refractivity contribution in [3.8, 4) is 0 Å². The quantitative estimate of drug-likeness (QED) is 0.684. The van der Waals surface area contributed by atoms with Crippen molar-refractivity contribution in [1.82, 2.24) is 9.57 Å². The van der Waals surface area contributed by atoms with Gasteiger partial charge in [0.2, 0.25) is 0 Å². The highest BCUT2D eigenvalue weighted by Gasteiger charge is 2.38. The van der Waals surface area contributed by atoms with Crippen LogP contribution in [0.2, 0.25) is 0 Å². The zero-order valence-electron chi connectivity index (χ0n) is 16.0. The van der Waals surface area contributed by atoms with Crippen LogP contribution in [-0.2, 0) is 18.6 Å². The van der Waals surface area contributed by atoms with Crippen LogP contribution in [0.25, 0.3) is 0 Å². The molecule has 1 aliphatic rings. The second-order valence-electron chi connectivity index (χ2n) is 6.60. The van der Waals surface area contributed by atoms with Crippen molar-refractivity contribution >= 4 is 13.6 Å². The van der Waals surface area contributed by atoms with E-state index in [1.807, 2.05) is 13.8 Å². The second kappa shape index (κ2) is 9.27. The first kappa shape index (κ1) is 23.5. The maximum atomic E-state index is 12.5. The van der Waals surface area contributed by atoms with E-state index in [0.717, 1.165) is 0 Å². The van der Waals surface area contributed by atoms with E-state index in [4.69, 9.17) is 14.8 Å². The lowest BCUT2D eigenvalue weighted by Gasteiger charge is -2.39. The molecular formula is C15H34N3O5P. The number of nitrogens with zero attached hydrogens (tertiary/aromatic N) is 2. The SMILES string of the molecule is CC.COP(N)(=O)N1CCN(C(=O)C(C)(C)OCC(C)(C)O)CC1.